The number of benzene rings is 2. The van der Waals surface area contributed by atoms with Crippen LogP contribution in [0.4, 0.5) is 0 Å². The predicted octanol–water partition coefficient (Wildman–Crippen LogP) is 3.31. The Morgan fingerprint density at radius 2 is 1.90 bits per heavy atom. The number of rotatable bonds is 2. The first-order valence-electron chi connectivity index (χ1n) is 6.68. The standard InChI is InChI=1S/C16H14N2OS/c19-14-9-10-5-1-2-6-11(10)15(14)20-16-17-12-7-3-4-8-13(12)18-16/h1-8,14-15,19H,9H2,(H,17,18)/t14-,15+/m1/s1. The van der Waals surface area contributed by atoms with Crippen LogP contribution in [0, 0.1) is 0 Å². The molecule has 1 aliphatic carbocycles. The van der Waals surface area contributed by atoms with Crippen LogP contribution >= 0.6 is 11.8 Å². The highest BCUT2D eigenvalue weighted by atomic mass is 32.2. The van der Waals surface area contributed by atoms with Gasteiger partial charge < -0.3 is 10.1 Å². The zero-order valence-corrected chi connectivity index (χ0v) is 11.6. The Balaban J connectivity index is 1.68. The first kappa shape index (κ1) is 12.0. The third-order valence-corrected chi connectivity index (χ3v) is 4.99. The highest BCUT2D eigenvalue weighted by molar-refractivity contribution is 7.99. The van der Waals surface area contributed by atoms with Crippen molar-refractivity contribution in [2.24, 2.45) is 0 Å². The zero-order valence-electron chi connectivity index (χ0n) is 10.8. The molecule has 0 radical (unpaired) electrons. The van der Waals surface area contributed by atoms with Crippen molar-refractivity contribution >= 4 is 22.8 Å². The number of aromatic nitrogens is 2. The van der Waals surface area contributed by atoms with Gasteiger partial charge in [-0.3, -0.25) is 0 Å². The SMILES string of the molecule is O[C@@H]1Cc2ccccc2[C@@H]1Sc1nc2ccccc2[nH]1. The fourth-order valence-electron chi connectivity index (χ4n) is 2.78. The molecule has 0 aliphatic heterocycles. The number of aliphatic hydroxyl groups is 1. The molecule has 2 aromatic carbocycles. The Morgan fingerprint density at radius 3 is 2.80 bits per heavy atom. The molecule has 1 aliphatic rings. The third kappa shape index (κ3) is 1.92. The average molecular weight is 282 g/mol. The molecular weight excluding hydrogens is 268 g/mol. The van der Waals surface area contributed by atoms with Crippen molar-refractivity contribution in [3.05, 3.63) is 59.7 Å². The third-order valence-electron chi connectivity index (χ3n) is 3.75. The number of aromatic amines is 1. The summed E-state index contributed by atoms with van der Waals surface area (Å²) in [5, 5.41) is 11.2. The van der Waals surface area contributed by atoms with E-state index in [-0.39, 0.29) is 11.4 Å². The van der Waals surface area contributed by atoms with Crippen LogP contribution in [0.1, 0.15) is 16.4 Å². The van der Waals surface area contributed by atoms with Crippen molar-refractivity contribution in [3.63, 3.8) is 0 Å². The molecule has 0 unspecified atom stereocenters. The molecule has 1 aromatic heterocycles. The van der Waals surface area contributed by atoms with Gasteiger partial charge in [-0.2, -0.15) is 0 Å². The molecule has 4 rings (SSSR count). The van der Waals surface area contributed by atoms with Gasteiger partial charge in [0.2, 0.25) is 0 Å². The molecule has 0 saturated heterocycles. The minimum Gasteiger partial charge on any atom is -0.391 e. The van der Waals surface area contributed by atoms with Crippen LogP contribution in [-0.4, -0.2) is 21.2 Å². The molecule has 2 N–H and O–H groups in total. The number of nitrogens with one attached hydrogen (secondary N) is 1. The van der Waals surface area contributed by atoms with Crippen LogP contribution in [0.3, 0.4) is 0 Å². The lowest BCUT2D eigenvalue weighted by Crippen LogP contribution is -2.10. The van der Waals surface area contributed by atoms with Gasteiger partial charge in [0, 0.05) is 6.42 Å². The number of aliphatic hydroxyl groups excluding tert-OH is 1. The second-order valence-corrected chi connectivity index (χ2v) is 6.20. The zero-order chi connectivity index (χ0) is 13.5. The molecule has 100 valence electrons. The van der Waals surface area contributed by atoms with Crippen LogP contribution in [0.5, 0.6) is 0 Å². The lowest BCUT2D eigenvalue weighted by atomic mass is 10.1. The normalized spacial score (nSPS) is 21.2. The Morgan fingerprint density at radius 1 is 1.10 bits per heavy atom. The fourth-order valence-corrected chi connectivity index (χ4v) is 3.96. The average Bonchev–Trinajstić information content (AvgIpc) is 3.00. The van der Waals surface area contributed by atoms with Gasteiger partial charge in [0.15, 0.2) is 5.16 Å². The van der Waals surface area contributed by atoms with Crippen LogP contribution in [0.25, 0.3) is 11.0 Å². The number of thioether (sulfide) groups is 1. The maximum atomic E-state index is 10.3. The van der Waals surface area contributed by atoms with Crippen molar-refractivity contribution in [3.8, 4) is 0 Å². The van der Waals surface area contributed by atoms with Gasteiger partial charge in [-0.1, -0.05) is 48.2 Å². The summed E-state index contributed by atoms with van der Waals surface area (Å²) in [6, 6.07) is 16.2. The van der Waals surface area contributed by atoms with Crippen LogP contribution in [0.2, 0.25) is 0 Å². The minimum atomic E-state index is -0.342. The minimum absolute atomic E-state index is 0.0618. The summed E-state index contributed by atoms with van der Waals surface area (Å²) in [7, 11) is 0. The van der Waals surface area contributed by atoms with E-state index in [9.17, 15) is 5.11 Å². The summed E-state index contributed by atoms with van der Waals surface area (Å²) in [6.45, 7) is 0. The van der Waals surface area contributed by atoms with Crippen LogP contribution in [-0.2, 0) is 6.42 Å². The Labute approximate surface area is 121 Å². The maximum Gasteiger partial charge on any atom is 0.167 e. The van der Waals surface area contributed by atoms with Gasteiger partial charge in [0.05, 0.1) is 22.4 Å². The predicted molar refractivity (Wildman–Crippen MR) is 80.8 cm³/mol. The van der Waals surface area contributed by atoms with E-state index in [1.165, 1.54) is 11.1 Å². The second kappa shape index (κ2) is 4.65. The van der Waals surface area contributed by atoms with Gasteiger partial charge in [0.1, 0.15) is 0 Å². The maximum absolute atomic E-state index is 10.3. The number of nitrogens with zero attached hydrogens (tertiary/aromatic N) is 1. The first-order valence-corrected chi connectivity index (χ1v) is 7.56. The molecule has 0 bridgehead atoms. The number of fused-ring (bicyclic) bond motifs is 2. The Hall–Kier alpha value is -1.78. The van der Waals surface area contributed by atoms with Crippen molar-refractivity contribution in [2.75, 3.05) is 0 Å². The van der Waals surface area contributed by atoms with Gasteiger partial charge >= 0.3 is 0 Å². The van der Waals surface area contributed by atoms with E-state index in [4.69, 9.17) is 0 Å². The first-order chi connectivity index (χ1) is 9.81. The molecular formula is C16H14N2OS. The van der Waals surface area contributed by atoms with Gasteiger partial charge in [-0.05, 0) is 23.3 Å². The van der Waals surface area contributed by atoms with E-state index < -0.39 is 0 Å². The summed E-state index contributed by atoms with van der Waals surface area (Å²) in [6.07, 6.45) is 0.388. The molecule has 3 aromatic rings. The largest absolute Gasteiger partial charge is 0.391 e. The number of imidazole rings is 1. The molecule has 4 heteroatoms. The highest BCUT2D eigenvalue weighted by Gasteiger charge is 2.32. The monoisotopic (exact) mass is 282 g/mol. The lowest BCUT2D eigenvalue weighted by Gasteiger charge is -2.13. The molecule has 0 spiro atoms. The smallest absolute Gasteiger partial charge is 0.167 e. The molecule has 2 atom stereocenters. The molecule has 0 amide bonds. The summed E-state index contributed by atoms with van der Waals surface area (Å²) in [5.74, 6) is 0. The lowest BCUT2D eigenvalue weighted by molar-refractivity contribution is 0.184. The van der Waals surface area contributed by atoms with Crippen molar-refractivity contribution in [1.29, 1.82) is 0 Å². The summed E-state index contributed by atoms with van der Waals surface area (Å²) < 4.78 is 0. The summed E-state index contributed by atoms with van der Waals surface area (Å²) in [4.78, 5) is 7.89. The van der Waals surface area contributed by atoms with E-state index in [1.807, 2.05) is 36.4 Å². The quantitative estimate of drug-likeness (QED) is 0.758. The van der Waals surface area contributed by atoms with E-state index in [0.717, 1.165) is 22.6 Å². The van der Waals surface area contributed by atoms with Crippen molar-refractivity contribution in [1.82, 2.24) is 9.97 Å². The molecule has 1 heterocycles. The van der Waals surface area contributed by atoms with E-state index in [1.54, 1.807) is 11.8 Å². The number of hydrogen-bond acceptors (Lipinski definition) is 3. The Bertz CT molecular complexity index is 735. The van der Waals surface area contributed by atoms with E-state index >= 15 is 0 Å². The topological polar surface area (TPSA) is 48.9 Å². The molecule has 0 fully saturated rings. The van der Waals surface area contributed by atoms with Crippen molar-refractivity contribution < 1.29 is 5.11 Å². The number of H-pyrrole nitrogens is 1. The molecule has 0 saturated carbocycles. The van der Waals surface area contributed by atoms with Gasteiger partial charge in [-0.15, -0.1) is 0 Å². The Kier molecular flexibility index (Phi) is 2.79. The summed E-state index contributed by atoms with van der Waals surface area (Å²) >= 11 is 1.61. The highest BCUT2D eigenvalue weighted by Crippen LogP contribution is 2.44. The van der Waals surface area contributed by atoms with Gasteiger partial charge in [-0.25, -0.2) is 4.98 Å². The molecule has 3 nitrogen and oxygen atoms in total. The van der Waals surface area contributed by atoms with E-state index in [2.05, 4.69) is 22.1 Å². The van der Waals surface area contributed by atoms with Crippen LogP contribution in [0.15, 0.2) is 53.7 Å². The fraction of sp³-hybridized carbons (Fsp3) is 0.188. The van der Waals surface area contributed by atoms with E-state index in [0.29, 0.717) is 0 Å². The molecule has 20 heavy (non-hydrogen) atoms. The number of hydrogen-bond donors (Lipinski definition) is 2. The second-order valence-electron chi connectivity index (χ2n) is 5.07. The number of para-hydroxylation sites is 2. The summed E-state index contributed by atoms with van der Waals surface area (Å²) in [5.41, 5.74) is 4.48. The van der Waals surface area contributed by atoms with Crippen molar-refractivity contribution in [2.45, 2.75) is 22.9 Å². The van der Waals surface area contributed by atoms with Crippen LogP contribution < -0.4 is 0 Å². The van der Waals surface area contributed by atoms with Gasteiger partial charge in [0.25, 0.3) is 0 Å².